The summed E-state index contributed by atoms with van der Waals surface area (Å²) in [6.45, 7) is 1.01. The standard InChI is InChI=1S/C16H20ClNO6S/c1-11-7-12(17)3-4-14(11)23-9-16(20)24-8-15(19)18(2)13-5-6-25(21,22)10-13/h3-4,7,13H,5-6,8-10H2,1-2H3/t13-/m1/s1. The highest BCUT2D eigenvalue weighted by molar-refractivity contribution is 7.91. The minimum atomic E-state index is -3.08. The van der Waals surface area contributed by atoms with Gasteiger partial charge in [-0.1, -0.05) is 11.6 Å². The fraction of sp³-hybridized carbons (Fsp3) is 0.500. The first-order valence-corrected chi connectivity index (χ1v) is 9.88. The summed E-state index contributed by atoms with van der Waals surface area (Å²) in [4.78, 5) is 25.0. The first kappa shape index (κ1) is 19.5. The van der Waals surface area contributed by atoms with Crippen molar-refractivity contribution >= 4 is 33.3 Å². The predicted octanol–water partition coefficient (Wildman–Crippen LogP) is 1.22. The molecule has 1 amide bonds. The average molecular weight is 390 g/mol. The highest BCUT2D eigenvalue weighted by atomic mass is 35.5. The number of aryl methyl sites for hydroxylation is 1. The van der Waals surface area contributed by atoms with Crippen LogP contribution in [-0.2, 0) is 24.2 Å². The van der Waals surface area contributed by atoms with Crippen LogP contribution in [0.4, 0.5) is 0 Å². The third-order valence-electron chi connectivity index (χ3n) is 3.99. The molecule has 0 unspecified atom stereocenters. The second-order valence-corrected chi connectivity index (χ2v) is 8.59. The summed E-state index contributed by atoms with van der Waals surface area (Å²) in [6, 6.07) is 4.62. The number of benzene rings is 1. The van der Waals surface area contributed by atoms with Gasteiger partial charge >= 0.3 is 5.97 Å². The molecule has 9 heteroatoms. The fourth-order valence-corrected chi connectivity index (χ4v) is 4.48. The lowest BCUT2D eigenvalue weighted by atomic mass is 10.2. The summed E-state index contributed by atoms with van der Waals surface area (Å²) in [6.07, 6.45) is 0.400. The highest BCUT2D eigenvalue weighted by Gasteiger charge is 2.32. The molecule has 0 aromatic heterocycles. The number of esters is 1. The maximum atomic E-state index is 12.0. The van der Waals surface area contributed by atoms with E-state index in [4.69, 9.17) is 21.1 Å². The monoisotopic (exact) mass is 389 g/mol. The van der Waals surface area contributed by atoms with Crippen molar-refractivity contribution in [2.75, 3.05) is 31.8 Å². The number of rotatable bonds is 6. The molecule has 0 spiro atoms. The number of amides is 1. The van der Waals surface area contributed by atoms with Crippen molar-refractivity contribution < 1.29 is 27.5 Å². The van der Waals surface area contributed by atoms with Crippen molar-refractivity contribution in [2.24, 2.45) is 0 Å². The molecule has 138 valence electrons. The second kappa shape index (κ2) is 8.05. The van der Waals surface area contributed by atoms with Crippen LogP contribution in [0.5, 0.6) is 5.75 Å². The molecule has 0 radical (unpaired) electrons. The van der Waals surface area contributed by atoms with E-state index in [9.17, 15) is 18.0 Å². The Labute approximate surface area is 151 Å². The summed E-state index contributed by atoms with van der Waals surface area (Å²) in [5.74, 6) is -0.611. The quantitative estimate of drug-likeness (QED) is 0.679. The molecule has 1 fully saturated rings. The minimum absolute atomic E-state index is 0.0534. The molecular weight excluding hydrogens is 370 g/mol. The lowest BCUT2D eigenvalue weighted by Gasteiger charge is -2.23. The third-order valence-corrected chi connectivity index (χ3v) is 5.97. The van der Waals surface area contributed by atoms with Gasteiger partial charge in [-0.25, -0.2) is 13.2 Å². The number of hydrogen-bond acceptors (Lipinski definition) is 6. The number of nitrogens with zero attached hydrogens (tertiary/aromatic N) is 1. The molecule has 0 N–H and O–H groups in total. The first-order chi connectivity index (χ1) is 11.7. The van der Waals surface area contributed by atoms with E-state index in [1.54, 1.807) is 25.1 Å². The van der Waals surface area contributed by atoms with Gasteiger partial charge in [0, 0.05) is 18.1 Å². The number of ether oxygens (including phenoxy) is 2. The number of halogens is 1. The van der Waals surface area contributed by atoms with Crippen LogP contribution >= 0.6 is 11.6 Å². The van der Waals surface area contributed by atoms with E-state index in [1.165, 1.54) is 11.9 Å². The lowest BCUT2D eigenvalue weighted by Crippen LogP contribution is -2.40. The van der Waals surface area contributed by atoms with E-state index >= 15 is 0 Å². The van der Waals surface area contributed by atoms with Crippen molar-refractivity contribution in [1.82, 2.24) is 4.90 Å². The molecular formula is C16H20ClNO6S. The van der Waals surface area contributed by atoms with E-state index in [1.807, 2.05) is 0 Å². The Bertz CT molecular complexity index is 764. The van der Waals surface area contributed by atoms with Gasteiger partial charge in [-0.05, 0) is 37.1 Å². The minimum Gasteiger partial charge on any atom is -0.482 e. The number of sulfone groups is 1. The van der Waals surface area contributed by atoms with Gasteiger partial charge in [0.1, 0.15) is 5.75 Å². The molecule has 1 aliphatic heterocycles. The van der Waals surface area contributed by atoms with Gasteiger partial charge in [-0.2, -0.15) is 0 Å². The summed E-state index contributed by atoms with van der Waals surface area (Å²) in [7, 11) is -1.57. The maximum absolute atomic E-state index is 12.0. The Morgan fingerprint density at radius 1 is 1.32 bits per heavy atom. The van der Waals surface area contributed by atoms with Crippen molar-refractivity contribution in [1.29, 1.82) is 0 Å². The highest BCUT2D eigenvalue weighted by Crippen LogP contribution is 2.21. The molecule has 0 saturated carbocycles. The summed E-state index contributed by atoms with van der Waals surface area (Å²) in [5.41, 5.74) is 0.776. The van der Waals surface area contributed by atoms with Gasteiger partial charge in [0.15, 0.2) is 23.1 Å². The van der Waals surface area contributed by atoms with Crippen LogP contribution < -0.4 is 4.74 Å². The van der Waals surface area contributed by atoms with Crippen LogP contribution in [0.2, 0.25) is 5.02 Å². The summed E-state index contributed by atoms with van der Waals surface area (Å²) < 4.78 is 33.1. The SMILES string of the molecule is Cc1cc(Cl)ccc1OCC(=O)OCC(=O)N(C)[C@@H]1CCS(=O)(=O)C1. The molecule has 2 rings (SSSR count). The largest absolute Gasteiger partial charge is 0.482 e. The molecule has 25 heavy (non-hydrogen) atoms. The number of carbonyl (C=O) groups is 2. The molecule has 1 aromatic carbocycles. The molecule has 1 saturated heterocycles. The Hall–Kier alpha value is -1.80. The Kier molecular flexibility index (Phi) is 6.29. The number of carbonyl (C=O) groups excluding carboxylic acids is 2. The van der Waals surface area contributed by atoms with E-state index in [0.29, 0.717) is 17.2 Å². The van der Waals surface area contributed by atoms with Crippen LogP contribution in [0.15, 0.2) is 18.2 Å². The fourth-order valence-electron chi connectivity index (χ4n) is 2.48. The Morgan fingerprint density at radius 3 is 2.64 bits per heavy atom. The van der Waals surface area contributed by atoms with Crippen molar-refractivity contribution in [2.45, 2.75) is 19.4 Å². The van der Waals surface area contributed by atoms with Gasteiger partial charge in [0.05, 0.1) is 11.5 Å². The van der Waals surface area contributed by atoms with Gasteiger partial charge in [0.2, 0.25) is 0 Å². The smallest absolute Gasteiger partial charge is 0.344 e. The van der Waals surface area contributed by atoms with Crippen LogP contribution in [0.25, 0.3) is 0 Å². The second-order valence-electron chi connectivity index (χ2n) is 5.92. The van der Waals surface area contributed by atoms with Gasteiger partial charge in [0.25, 0.3) is 5.91 Å². The van der Waals surface area contributed by atoms with Crippen LogP contribution in [0.3, 0.4) is 0 Å². The van der Waals surface area contributed by atoms with Gasteiger partial charge in [-0.3, -0.25) is 4.79 Å². The Balaban J connectivity index is 1.76. The van der Waals surface area contributed by atoms with Crippen LogP contribution in [0.1, 0.15) is 12.0 Å². The first-order valence-electron chi connectivity index (χ1n) is 7.68. The van der Waals surface area contributed by atoms with E-state index in [2.05, 4.69) is 0 Å². The van der Waals surface area contributed by atoms with Crippen molar-refractivity contribution in [3.05, 3.63) is 28.8 Å². The average Bonchev–Trinajstić information content (AvgIpc) is 2.91. The zero-order chi connectivity index (χ0) is 18.6. The summed E-state index contributed by atoms with van der Waals surface area (Å²) >= 11 is 5.84. The molecule has 7 nitrogen and oxygen atoms in total. The van der Waals surface area contributed by atoms with Crippen LogP contribution in [-0.4, -0.2) is 63.0 Å². The van der Waals surface area contributed by atoms with Crippen molar-refractivity contribution in [3.63, 3.8) is 0 Å². The molecule has 0 aliphatic carbocycles. The third kappa shape index (κ3) is 5.61. The Morgan fingerprint density at radius 2 is 2.04 bits per heavy atom. The molecule has 1 aromatic rings. The maximum Gasteiger partial charge on any atom is 0.344 e. The van der Waals surface area contributed by atoms with Gasteiger partial charge in [-0.15, -0.1) is 0 Å². The molecule has 0 bridgehead atoms. The predicted molar refractivity (Wildman–Crippen MR) is 92.5 cm³/mol. The van der Waals surface area contributed by atoms with Crippen molar-refractivity contribution in [3.8, 4) is 5.75 Å². The number of hydrogen-bond donors (Lipinski definition) is 0. The van der Waals surface area contributed by atoms with E-state index < -0.39 is 28.3 Å². The molecule has 1 atom stereocenters. The van der Waals surface area contributed by atoms with E-state index in [0.717, 1.165) is 5.56 Å². The number of likely N-dealkylation sites (N-methyl/N-ethyl adjacent to an activating group) is 1. The zero-order valence-electron chi connectivity index (χ0n) is 14.0. The van der Waals surface area contributed by atoms with E-state index in [-0.39, 0.29) is 24.2 Å². The normalized spacial score (nSPS) is 18.6. The zero-order valence-corrected chi connectivity index (χ0v) is 15.6. The molecule has 1 aliphatic rings. The molecule has 1 heterocycles. The summed E-state index contributed by atoms with van der Waals surface area (Å²) in [5, 5.41) is 0.565. The van der Waals surface area contributed by atoms with Gasteiger partial charge < -0.3 is 14.4 Å². The lowest BCUT2D eigenvalue weighted by molar-refractivity contribution is -0.153. The topological polar surface area (TPSA) is 90.0 Å². The van der Waals surface area contributed by atoms with Crippen LogP contribution in [0, 0.1) is 6.92 Å².